The molecule has 4 heteroatoms. The number of nitrogens with zero attached hydrogens (tertiary/aromatic N) is 1. The maximum atomic E-state index is 13.5. The molecule has 1 aromatic carbocycles. The Balaban J connectivity index is 2.82. The van der Waals surface area contributed by atoms with Crippen molar-refractivity contribution in [2.75, 3.05) is 27.7 Å². The Bertz CT molecular complexity index is 340. The van der Waals surface area contributed by atoms with E-state index < -0.39 is 11.6 Å². The molecule has 0 heterocycles. The normalized spacial score (nSPS) is 13.1. The average Bonchev–Trinajstić information content (AvgIpc) is 2.24. The van der Waals surface area contributed by atoms with Gasteiger partial charge in [-0.3, -0.25) is 0 Å². The van der Waals surface area contributed by atoms with Crippen LogP contribution in [0.4, 0.5) is 8.78 Å². The molecule has 0 bridgehead atoms. The van der Waals surface area contributed by atoms with Crippen molar-refractivity contribution < 1.29 is 8.78 Å². The quantitative estimate of drug-likeness (QED) is 0.831. The Labute approximate surface area is 95.3 Å². The zero-order valence-corrected chi connectivity index (χ0v) is 9.93. The molecule has 0 saturated heterocycles. The van der Waals surface area contributed by atoms with Gasteiger partial charge in [-0.25, -0.2) is 8.78 Å². The minimum Gasteiger partial charge on any atom is -0.313 e. The van der Waals surface area contributed by atoms with E-state index in [0.717, 1.165) is 19.0 Å². The Morgan fingerprint density at radius 1 is 1.31 bits per heavy atom. The summed E-state index contributed by atoms with van der Waals surface area (Å²) < 4.78 is 26.6. The van der Waals surface area contributed by atoms with Crippen LogP contribution in [0, 0.1) is 11.6 Å². The van der Waals surface area contributed by atoms with E-state index in [1.807, 2.05) is 19.0 Å². The minimum atomic E-state index is -0.789. The molecule has 1 rings (SSSR count). The van der Waals surface area contributed by atoms with Gasteiger partial charge in [0.1, 0.15) is 0 Å². The van der Waals surface area contributed by atoms with Gasteiger partial charge in [0.25, 0.3) is 0 Å². The smallest absolute Gasteiger partial charge is 0.163 e. The van der Waals surface area contributed by atoms with Gasteiger partial charge in [-0.1, -0.05) is 12.1 Å². The van der Waals surface area contributed by atoms with E-state index in [-0.39, 0.29) is 6.04 Å². The van der Waals surface area contributed by atoms with Gasteiger partial charge in [-0.05, 0) is 40.2 Å². The van der Waals surface area contributed by atoms with Gasteiger partial charge in [0.15, 0.2) is 11.6 Å². The molecule has 1 atom stereocenters. The summed E-state index contributed by atoms with van der Waals surface area (Å²) in [5.74, 6) is -1.54. The lowest BCUT2D eigenvalue weighted by Gasteiger charge is -2.19. The molecule has 0 fully saturated rings. The molecular weight excluding hydrogens is 210 g/mol. The van der Waals surface area contributed by atoms with Crippen LogP contribution in [0.3, 0.4) is 0 Å². The molecule has 90 valence electrons. The number of hydrogen-bond acceptors (Lipinski definition) is 2. The van der Waals surface area contributed by atoms with Crippen molar-refractivity contribution in [3.63, 3.8) is 0 Å². The van der Waals surface area contributed by atoms with E-state index in [4.69, 9.17) is 0 Å². The lowest BCUT2D eigenvalue weighted by molar-refractivity contribution is 0.362. The Morgan fingerprint density at radius 2 is 2.00 bits per heavy atom. The Kier molecular flexibility index (Phi) is 4.83. The van der Waals surface area contributed by atoms with E-state index in [1.165, 1.54) is 6.07 Å². The van der Waals surface area contributed by atoms with E-state index in [0.29, 0.717) is 5.56 Å². The van der Waals surface area contributed by atoms with Crippen LogP contribution in [-0.2, 0) is 0 Å². The van der Waals surface area contributed by atoms with Crippen LogP contribution in [-0.4, -0.2) is 32.6 Å². The average molecular weight is 228 g/mol. The molecule has 0 aliphatic carbocycles. The van der Waals surface area contributed by atoms with E-state index in [1.54, 1.807) is 13.1 Å². The number of rotatable bonds is 5. The molecule has 16 heavy (non-hydrogen) atoms. The second-order valence-electron chi connectivity index (χ2n) is 4.08. The molecule has 0 spiro atoms. The molecule has 1 unspecified atom stereocenters. The van der Waals surface area contributed by atoms with E-state index in [9.17, 15) is 8.78 Å². The van der Waals surface area contributed by atoms with Gasteiger partial charge < -0.3 is 10.2 Å². The first-order valence-electron chi connectivity index (χ1n) is 5.32. The molecule has 0 amide bonds. The van der Waals surface area contributed by atoms with Crippen molar-refractivity contribution in [1.82, 2.24) is 10.2 Å². The fraction of sp³-hybridized carbons (Fsp3) is 0.500. The number of halogens is 2. The molecular formula is C12H18F2N2. The summed E-state index contributed by atoms with van der Waals surface area (Å²) in [6.45, 7) is 0.821. The van der Waals surface area contributed by atoms with Crippen LogP contribution in [0.1, 0.15) is 18.0 Å². The van der Waals surface area contributed by atoms with Crippen LogP contribution in [0.15, 0.2) is 18.2 Å². The molecule has 1 aromatic rings. The summed E-state index contributed by atoms with van der Waals surface area (Å²) >= 11 is 0. The van der Waals surface area contributed by atoms with Crippen LogP contribution < -0.4 is 5.32 Å². The summed E-state index contributed by atoms with van der Waals surface area (Å²) in [6.07, 6.45) is 0.740. The summed E-state index contributed by atoms with van der Waals surface area (Å²) in [5, 5.41) is 3.01. The topological polar surface area (TPSA) is 15.3 Å². The van der Waals surface area contributed by atoms with Crippen LogP contribution in [0.5, 0.6) is 0 Å². The Morgan fingerprint density at radius 3 is 2.56 bits per heavy atom. The first-order chi connectivity index (χ1) is 7.56. The molecule has 2 nitrogen and oxygen atoms in total. The van der Waals surface area contributed by atoms with Gasteiger partial charge >= 0.3 is 0 Å². The highest BCUT2D eigenvalue weighted by molar-refractivity contribution is 5.22. The first kappa shape index (κ1) is 13.1. The molecule has 0 saturated carbocycles. The summed E-state index contributed by atoms with van der Waals surface area (Å²) in [6, 6.07) is 4.14. The van der Waals surface area contributed by atoms with Crippen molar-refractivity contribution in [1.29, 1.82) is 0 Å². The highest BCUT2D eigenvalue weighted by atomic mass is 19.2. The van der Waals surface area contributed by atoms with Crippen LogP contribution >= 0.6 is 0 Å². The molecule has 0 aliphatic heterocycles. The van der Waals surface area contributed by atoms with E-state index in [2.05, 4.69) is 5.32 Å². The van der Waals surface area contributed by atoms with Crippen molar-refractivity contribution >= 4 is 0 Å². The third kappa shape index (κ3) is 3.25. The molecule has 0 radical (unpaired) electrons. The highest BCUT2D eigenvalue weighted by Crippen LogP contribution is 2.21. The zero-order valence-electron chi connectivity index (χ0n) is 9.93. The minimum absolute atomic E-state index is 0.155. The third-order valence-electron chi connectivity index (χ3n) is 2.57. The van der Waals surface area contributed by atoms with Crippen molar-refractivity contribution in [3.8, 4) is 0 Å². The predicted molar refractivity (Wildman–Crippen MR) is 61.3 cm³/mol. The number of benzene rings is 1. The van der Waals surface area contributed by atoms with Gasteiger partial charge in [-0.15, -0.1) is 0 Å². The monoisotopic (exact) mass is 228 g/mol. The summed E-state index contributed by atoms with van der Waals surface area (Å²) in [5.41, 5.74) is 0.393. The molecule has 1 N–H and O–H groups in total. The largest absolute Gasteiger partial charge is 0.313 e. The van der Waals surface area contributed by atoms with E-state index >= 15 is 0 Å². The van der Waals surface area contributed by atoms with Gasteiger partial charge in [0, 0.05) is 11.6 Å². The van der Waals surface area contributed by atoms with Gasteiger partial charge in [-0.2, -0.15) is 0 Å². The lowest BCUT2D eigenvalue weighted by atomic mass is 10.0. The number of nitrogens with one attached hydrogen (secondary N) is 1. The second-order valence-corrected chi connectivity index (χ2v) is 4.08. The van der Waals surface area contributed by atoms with Gasteiger partial charge in [0.2, 0.25) is 0 Å². The van der Waals surface area contributed by atoms with Crippen LogP contribution in [0.25, 0.3) is 0 Å². The lowest BCUT2D eigenvalue weighted by Crippen LogP contribution is -2.23. The molecule has 0 aromatic heterocycles. The fourth-order valence-corrected chi connectivity index (χ4v) is 1.63. The summed E-state index contributed by atoms with van der Waals surface area (Å²) in [7, 11) is 5.66. The number of hydrogen-bond donors (Lipinski definition) is 1. The van der Waals surface area contributed by atoms with Crippen molar-refractivity contribution in [2.45, 2.75) is 12.5 Å². The fourth-order valence-electron chi connectivity index (χ4n) is 1.63. The van der Waals surface area contributed by atoms with Gasteiger partial charge in [0.05, 0.1) is 0 Å². The first-order valence-corrected chi connectivity index (χ1v) is 5.32. The maximum Gasteiger partial charge on any atom is 0.163 e. The maximum absolute atomic E-state index is 13.5. The van der Waals surface area contributed by atoms with Crippen molar-refractivity contribution in [2.24, 2.45) is 0 Å². The van der Waals surface area contributed by atoms with Crippen molar-refractivity contribution in [3.05, 3.63) is 35.4 Å². The van der Waals surface area contributed by atoms with Crippen LogP contribution in [0.2, 0.25) is 0 Å². The standard InChI is InChI=1S/C12H18F2N2/c1-15-11(7-8-16(2)3)9-5-4-6-10(13)12(9)14/h4-6,11,15H,7-8H2,1-3H3. The third-order valence-corrected chi connectivity index (χ3v) is 2.57. The SMILES string of the molecule is CNC(CCN(C)C)c1cccc(F)c1F. The molecule has 0 aliphatic rings. The Hall–Kier alpha value is -1.00. The predicted octanol–water partition coefficient (Wildman–Crippen LogP) is 2.18. The second kappa shape index (κ2) is 5.92. The highest BCUT2D eigenvalue weighted by Gasteiger charge is 2.16. The summed E-state index contributed by atoms with van der Waals surface area (Å²) in [4.78, 5) is 2.02. The zero-order chi connectivity index (χ0) is 12.1.